The van der Waals surface area contributed by atoms with E-state index in [1.807, 2.05) is 30.3 Å². The number of anilines is 3. The first-order valence-corrected chi connectivity index (χ1v) is 9.36. The van der Waals surface area contributed by atoms with Gasteiger partial charge in [-0.15, -0.1) is 0 Å². The topological polar surface area (TPSA) is 70.2 Å². The van der Waals surface area contributed by atoms with Gasteiger partial charge in [0.05, 0.1) is 0 Å². The summed E-state index contributed by atoms with van der Waals surface area (Å²) in [6, 6.07) is 9.49. The van der Waals surface area contributed by atoms with Gasteiger partial charge in [-0.2, -0.15) is 0 Å². The summed E-state index contributed by atoms with van der Waals surface area (Å²) in [5, 5.41) is 6.08. The van der Waals surface area contributed by atoms with Gasteiger partial charge in [-0.3, -0.25) is 4.79 Å². The third-order valence-corrected chi connectivity index (χ3v) is 4.65. The van der Waals surface area contributed by atoms with Gasteiger partial charge in [-0.05, 0) is 43.5 Å². The van der Waals surface area contributed by atoms with Crippen LogP contribution in [0.4, 0.5) is 17.3 Å². The first-order valence-electron chi connectivity index (χ1n) is 8.57. The molecule has 2 heterocycles. The number of rotatable bonds is 6. The molecule has 0 unspecified atom stereocenters. The second-order valence-corrected chi connectivity index (χ2v) is 6.96. The van der Waals surface area contributed by atoms with Crippen LogP contribution in [0.3, 0.4) is 0 Å². The Hall–Kier alpha value is -2.15. The molecule has 7 heteroatoms. The minimum Gasteiger partial charge on any atom is -0.369 e. The van der Waals surface area contributed by atoms with Gasteiger partial charge in [0.1, 0.15) is 18.0 Å². The number of piperidine rings is 1. The van der Waals surface area contributed by atoms with Crippen LogP contribution in [0.15, 0.2) is 41.1 Å². The number of nitrogens with zero attached hydrogens (tertiary/aromatic N) is 3. The van der Waals surface area contributed by atoms with Crippen molar-refractivity contribution in [2.24, 2.45) is 0 Å². The first-order chi connectivity index (χ1) is 12.2. The maximum absolute atomic E-state index is 12.0. The Labute approximate surface area is 156 Å². The molecule has 1 aliphatic heterocycles. The summed E-state index contributed by atoms with van der Waals surface area (Å²) in [7, 11) is 0. The molecular weight excluding hydrogens is 382 g/mol. The highest BCUT2D eigenvalue weighted by Crippen LogP contribution is 2.19. The van der Waals surface area contributed by atoms with Gasteiger partial charge >= 0.3 is 0 Å². The van der Waals surface area contributed by atoms with E-state index in [-0.39, 0.29) is 5.91 Å². The largest absolute Gasteiger partial charge is 0.369 e. The average Bonchev–Trinajstić information content (AvgIpc) is 2.65. The lowest BCUT2D eigenvalue weighted by atomic mass is 10.1. The molecule has 0 radical (unpaired) electrons. The molecule has 6 nitrogen and oxygen atoms in total. The minimum absolute atomic E-state index is 0.0277. The smallest absolute Gasteiger partial charge is 0.226 e. The van der Waals surface area contributed by atoms with Crippen molar-refractivity contribution in [3.63, 3.8) is 0 Å². The number of aromatic nitrogens is 2. The van der Waals surface area contributed by atoms with E-state index in [9.17, 15) is 4.79 Å². The Bertz CT molecular complexity index is 701. The van der Waals surface area contributed by atoms with Crippen molar-refractivity contribution in [3.8, 4) is 0 Å². The Morgan fingerprint density at radius 1 is 1.12 bits per heavy atom. The Kier molecular flexibility index (Phi) is 6.22. The molecule has 0 saturated carbocycles. The number of carbonyl (C=O) groups excluding carboxylic acids is 1. The number of carbonyl (C=O) groups is 1. The summed E-state index contributed by atoms with van der Waals surface area (Å²) in [4.78, 5) is 22.9. The highest BCUT2D eigenvalue weighted by molar-refractivity contribution is 9.10. The van der Waals surface area contributed by atoms with E-state index >= 15 is 0 Å². The number of hydrogen-bond acceptors (Lipinski definition) is 5. The number of amides is 1. The lowest BCUT2D eigenvalue weighted by Gasteiger charge is -2.27. The molecule has 3 rings (SSSR count). The molecule has 2 aromatic rings. The molecule has 0 aliphatic carbocycles. The van der Waals surface area contributed by atoms with Crippen molar-refractivity contribution in [2.45, 2.75) is 25.7 Å². The number of halogens is 1. The van der Waals surface area contributed by atoms with E-state index in [0.717, 1.165) is 34.9 Å². The first kappa shape index (κ1) is 17.7. The molecule has 0 atom stereocenters. The third kappa shape index (κ3) is 5.42. The minimum atomic E-state index is -0.0277. The van der Waals surface area contributed by atoms with Crippen LogP contribution in [0.5, 0.6) is 0 Å². The summed E-state index contributed by atoms with van der Waals surface area (Å²) >= 11 is 3.38. The molecule has 1 amide bonds. The van der Waals surface area contributed by atoms with Crippen molar-refractivity contribution in [2.75, 3.05) is 35.2 Å². The van der Waals surface area contributed by atoms with Gasteiger partial charge < -0.3 is 15.5 Å². The lowest BCUT2D eigenvalue weighted by Crippen LogP contribution is -2.30. The molecule has 1 aromatic carbocycles. The van der Waals surface area contributed by atoms with Crippen molar-refractivity contribution >= 4 is 39.2 Å². The zero-order valence-corrected chi connectivity index (χ0v) is 15.6. The summed E-state index contributed by atoms with van der Waals surface area (Å²) < 4.78 is 0.987. The van der Waals surface area contributed by atoms with Crippen molar-refractivity contribution < 1.29 is 4.79 Å². The Balaban J connectivity index is 1.46. The van der Waals surface area contributed by atoms with E-state index in [1.165, 1.54) is 19.3 Å². The van der Waals surface area contributed by atoms with Gasteiger partial charge in [0.2, 0.25) is 5.91 Å². The second-order valence-electron chi connectivity index (χ2n) is 6.04. The Morgan fingerprint density at radius 2 is 1.88 bits per heavy atom. The quantitative estimate of drug-likeness (QED) is 0.769. The molecule has 132 valence electrons. The molecule has 25 heavy (non-hydrogen) atoms. The van der Waals surface area contributed by atoms with Crippen LogP contribution in [0.1, 0.15) is 25.7 Å². The average molecular weight is 404 g/mol. The van der Waals surface area contributed by atoms with Crippen LogP contribution < -0.4 is 15.5 Å². The summed E-state index contributed by atoms with van der Waals surface area (Å²) in [6.07, 6.45) is 5.67. The van der Waals surface area contributed by atoms with Crippen molar-refractivity contribution in [1.29, 1.82) is 0 Å². The number of hydrogen-bond donors (Lipinski definition) is 2. The highest BCUT2D eigenvalue weighted by atomic mass is 79.9. The summed E-state index contributed by atoms with van der Waals surface area (Å²) in [5.41, 5.74) is 0.794. The van der Waals surface area contributed by atoms with Crippen LogP contribution in [0.25, 0.3) is 0 Å². The molecule has 0 bridgehead atoms. The van der Waals surface area contributed by atoms with E-state index in [1.54, 1.807) is 6.33 Å². The number of benzene rings is 1. The highest BCUT2D eigenvalue weighted by Gasteiger charge is 2.12. The van der Waals surface area contributed by atoms with Crippen LogP contribution >= 0.6 is 15.9 Å². The zero-order chi connectivity index (χ0) is 17.5. The fourth-order valence-corrected chi connectivity index (χ4v) is 3.06. The normalized spacial score (nSPS) is 14.2. The van der Waals surface area contributed by atoms with Crippen molar-refractivity contribution in [1.82, 2.24) is 9.97 Å². The standard InChI is InChI=1S/C18H22BrN5O/c19-14-4-6-15(7-5-14)23-18(25)8-9-20-16-12-17(22-13-21-16)24-10-2-1-3-11-24/h4-7,12-13H,1-3,8-11H2,(H,23,25)(H,20,21,22). The molecular formula is C18H22BrN5O. The number of nitrogens with one attached hydrogen (secondary N) is 2. The van der Waals surface area contributed by atoms with Gasteiger partial charge in [0.25, 0.3) is 0 Å². The molecule has 2 N–H and O–H groups in total. The maximum atomic E-state index is 12.0. The summed E-state index contributed by atoms with van der Waals surface area (Å²) in [6.45, 7) is 2.62. The summed E-state index contributed by atoms with van der Waals surface area (Å²) in [5.74, 6) is 1.68. The SMILES string of the molecule is O=C(CCNc1cc(N2CCCCC2)ncn1)Nc1ccc(Br)cc1. The van der Waals surface area contributed by atoms with Crippen molar-refractivity contribution in [3.05, 3.63) is 41.1 Å². The monoisotopic (exact) mass is 403 g/mol. The fourth-order valence-electron chi connectivity index (χ4n) is 2.80. The Morgan fingerprint density at radius 3 is 2.64 bits per heavy atom. The van der Waals surface area contributed by atoms with Crippen LogP contribution in [0, 0.1) is 0 Å². The van der Waals surface area contributed by atoms with Crippen LogP contribution in [-0.2, 0) is 4.79 Å². The third-order valence-electron chi connectivity index (χ3n) is 4.12. The van der Waals surface area contributed by atoms with Crippen LogP contribution in [0.2, 0.25) is 0 Å². The van der Waals surface area contributed by atoms with E-state index in [0.29, 0.717) is 13.0 Å². The molecule has 1 aliphatic rings. The van der Waals surface area contributed by atoms with Gasteiger partial charge in [0.15, 0.2) is 0 Å². The van der Waals surface area contributed by atoms with Gasteiger partial charge in [-0.1, -0.05) is 15.9 Å². The van der Waals surface area contributed by atoms with Gasteiger partial charge in [-0.25, -0.2) is 9.97 Å². The molecule has 1 saturated heterocycles. The zero-order valence-electron chi connectivity index (χ0n) is 14.0. The molecule has 1 fully saturated rings. The van der Waals surface area contributed by atoms with E-state index in [2.05, 4.69) is 41.4 Å². The molecule has 1 aromatic heterocycles. The van der Waals surface area contributed by atoms with E-state index < -0.39 is 0 Å². The van der Waals surface area contributed by atoms with Gasteiger partial charge in [0, 0.05) is 42.3 Å². The van der Waals surface area contributed by atoms with Crippen LogP contribution in [-0.4, -0.2) is 35.5 Å². The maximum Gasteiger partial charge on any atom is 0.226 e. The fraction of sp³-hybridized carbons (Fsp3) is 0.389. The predicted molar refractivity (Wildman–Crippen MR) is 104 cm³/mol. The molecule has 0 spiro atoms. The second kappa shape index (κ2) is 8.80. The predicted octanol–water partition coefficient (Wildman–Crippen LogP) is 3.67. The lowest BCUT2D eigenvalue weighted by molar-refractivity contribution is -0.115. The van der Waals surface area contributed by atoms with E-state index in [4.69, 9.17) is 0 Å².